The van der Waals surface area contributed by atoms with E-state index in [0.717, 1.165) is 22.7 Å². The minimum Gasteiger partial charge on any atom is -0.492 e. The molecule has 0 unspecified atom stereocenters. The summed E-state index contributed by atoms with van der Waals surface area (Å²) in [7, 11) is 0. The highest BCUT2D eigenvalue weighted by Crippen LogP contribution is 2.26. The number of carbonyl (C=O) groups is 1. The molecule has 2 heterocycles. The lowest BCUT2D eigenvalue weighted by Gasteiger charge is -2.24. The predicted molar refractivity (Wildman–Crippen MR) is 73.1 cm³/mol. The van der Waals surface area contributed by atoms with Gasteiger partial charge in [0.15, 0.2) is 0 Å². The standard InChI is InChI=1S/C14H14N2O2S/c17-14(16-8-13-15-5-6-19-13)11-7-10-3-1-2-4-12(10)18-9-11/h1-6,11H,7-9H2,(H,16,17)/t11-/m0/s1. The van der Waals surface area contributed by atoms with Crippen LogP contribution >= 0.6 is 11.3 Å². The average molecular weight is 274 g/mol. The Kier molecular flexibility index (Phi) is 3.46. The van der Waals surface area contributed by atoms with Crippen LogP contribution in [0.25, 0.3) is 0 Å². The third-order valence-corrected chi connectivity index (χ3v) is 3.93. The van der Waals surface area contributed by atoms with Crippen molar-refractivity contribution in [2.45, 2.75) is 13.0 Å². The number of para-hydroxylation sites is 1. The van der Waals surface area contributed by atoms with Crippen LogP contribution in [0.2, 0.25) is 0 Å². The summed E-state index contributed by atoms with van der Waals surface area (Å²) < 4.78 is 5.62. The van der Waals surface area contributed by atoms with Crippen LogP contribution in [-0.2, 0) is 17.8 Å². The molecular formula is C14H14N2O2S. The predicted octanol–water partition coefficient (Wildman–Crippen LogP) is 2.01. The Morgan fingerprint density at radius 2 is 2.37 bits per heavy atom. The van der Waals surface area contributed by atoms with Crippen LogP contribution < -0.4 is 10.1 Å². The van der Waals surface area contributed by atoms with Gasteiger partial charge in [0.05, 0.1) is 12.5 Å². The summed E-state index contributed by atoms with van der Waals surface area (Å²) in [5.74, 6) is 0.811. The van der Waals surface area contributed by atoms with E-state index in [1.165, 1.54) is 0 Å². The van der Waals surface area contributed by atoms with Crippen LogP contribution in [0.3, 0.4) is 0 Å². The molecule has 2 aromatic rings. The zero-order valence-electron chi connectivity index (χ0n) is 10.3. The molecule has 1 N–H and O–H groups in total. The third-order valence-electron chi connectivity index (χ3n) is 3.15. The third kappa shape index (κ3) is 2.76. The molecule has 1 aliphatic rings. The molecule has 98 valence electrons. The lowest BCUT2D eigenvalue weighted by Crippen LogP contribution is -2.37. The van der Waals surface area contributed by atoms with E-state index in [1.807, 2.05) is 29.6 Å². The van der Waals surface area contributed by atoms with E-state index in [-0.39, 0.29) is 11.8 Å². The SMILES string of the molecule is O=C(NCc1nccs1)[C@@H]1COc2ccccc2C1. The van der Waals surface area contributed by atoms with Gasteiger partial charge in [-0.1, -0.05) is 18.2 Å². The molecule has 19 heavy (non-hydrogen) atoms. The summed E-state index contributed by atoms with van der Waals surface area (Å²) in [6.07, 6.45) is 2.48. The van der Waals surface area contributed by atoms with Crippen molar-refractivity contribution in [1.29, 1.82) is 0 Å². The van der Waals surface area contributed by atoms with Crippen LogP contribution in [0, 0.1) is 5.92 Å². The molecule has 1 aromatic carbocycles. The maximum atomic E-state index is 12.1. The van der Waals surface area contributed by atoms with Crippen molar-refractivity contribution in [2.24, 2.45) is 5.92 Å². The fraction of sp³-hybridized carbons (Fsp3) is 0.286. The highest BCUT2D eigenvalue weighted by Gasteiger charge is 2.25. The first-order valence-corrected chi connectivity index (χ1v) is 7.07. The zero-order chi connectivity index (χ0) is 13.1. The Morgan fingerprint density at radius 3 is 3.21 bits per heavy atom. The second kappa shape index (κ2) is 5.40. The summed E-state index contributed by atoms with van der Waals surface area (Å²) in [5.41, 5.74) is 1.10. The summed E-state index contributed by atoms with van der Waals surface area (Å²) in [5, 5.41) is 5.74. The van der Waals surface area contributed by atoms with Gasteiger partial charge in [-0.3, -0.25) is 4.79 Å². The molecule has 0 spiro atoms. The minimum absolute atomic E-state index is 0.0321. The van der Waals surface area contributed by atoms with Crippen molar-refractivity contribution in [3.8, 4) is 5.75 Å². The molecule has 0 fully saturated rings. The molecule has 0 aliphatic carbocycles. The lowest BCUT2D eigenvalue weighted by molar-refractivity contribution is -0.126. The topological polar surface area (TPSA) is 51.2 Å². The number of hydrogen-bond acceptors (Lipinski definition) is 4. The summed E-state index contributed by atoms with van der Waals surface area (Å²) >= 11 is 1.54. The van der Waals surface area contributed by atoms with E-state index in [4.69, 9.17) is 4.74 Å². The van der Waals surface area contributed by atoms with Crippen LogP contribution in [0.4, 0.5) is 0 Å². The number of rotatable bonds is 3. The largest absolute Gasteiger partial charge is 0.492 e. The van der Waals surface area contributed by atoms with E-state index in [1.54, 1.807) is 17.5 Å². The second-order valence-corrected chi connectivity index (χ2v) is 5.44. The number of thiazole rings is 1. The van der Waals surface area contributed by atoms with Crippen molar-refractivity contribution in [3.05, 3.63) is 46.4 Å². The highest BCUT2D eigenvalue weighted by atomic mass is 32.1. The molecule has 3 rings (SSSR count). The number of nitrogens with one attached hydrogen (secondary N) is 1. The Balaban J connectivity index is 1.60. The number of nitrogens with zero attached hydrogens (tertiary/aromatic N) is 1. The molecule has 0 bridgehead atoms. The summed E-state index contributed by atoms with van der Waals surface area (Å²) in [6, 6.07) is 7.87. The van der Waals surface area contributed by atoms with E-state index in [9.17, 15) is 4.79 Å². The van der Waals surface area contributed by atoms with Crippen molar-refractivity contribution in [1.82, 2.24) is 10.3 Å². The van der Waals surface area contributed by atoms with Crippen molar-refractivity contribution in [3.63, 3.8) is 0 Å². The number of hydrogen-bond donors (Lipinski definition) is 1. The molecule has 1 aromatic heterocycles. The van der Waals surface area contributed by atoms with Gasteiger partial charge in [-0.2, -0.15) is 0 Å². The van der Waals surface area contributed by atoms with Gasteiger partial charge in [-0.15, -0.1) is 11.3 Å². The Morgan fingerprint density at radius 1 is 1.47 bits per heavy atom. The van der Waals surface area contributed by atoms with E-state index in [2.05, 4.69) is 10.3 Å². The van der Waals surface area contributed by atoms with Gasteiger partial charge >= 0.3 is 0 Å². The molecule has 0 saturated carbocycles. The normalized spacial score (nSPS) is 17.4. The van der Waals surface area contributed by atoms with Gasteiger partial charge in [-0.25, -0.2) is 4.98 Å². The molecule has 1 aliphatic heterocycles. The minimum atomic E-state index is -0.116. The maximum Gasteiger partial charge on any atom is 0.227 e. The molecule has 5 heteroatoms. The van der Waals surface area contributed by atoms with Crippen LogP contribution in [0.15, 0.2) is 35.8 Å². The molecule has 0 radical (unpaired) electrons. The smallest absolute Gasteiger partial charge is 0.227 e. The first kappa shape index (κ1) is 12.2. The van der Waals surface area contributed by atoms with Crippen LogP contribution in [0.5, 0.6) is 5.75 Å². The quantitative estimate of drug-likeness (QED) is 0.931. The fourth-order valence-electron chi connectivity index (χ4n) is 2.14. The molecule has 1 atom stereocenters. The van der Waals surface area contributed by atoms with Gasteiger partial charge in [0.25, 0.3) is 0 Å². The molecule has 0 saturated heterocycles. The van der Waals surface area contributed by atoms with E-state index >= 15 is 0 Å². The Labute approximate surface area is 115 Å². The van der Waals surface area contributed by atoms with Crippen LogP contribution in [-0.4, -0.2) is 17.5 Å². The monoisotopic (exact) mass is 274 g/mol. The van der Waals surface area contributed by atoms with Crippen molar-refractivity contribution < 1.29 is 9.53 Å². The molecular weight excluding hydrogens is 260 g/mol. The zero-order valence-corrected chi connectivity index (χ0v) is 11.2. The van der Waals surface area contributed by atoms with Crippen molar-refractivity contribution >= 4 is 17.2 Å². The first-order valence-electron chi connectivity index (χ1n) is 6.20. The molecule has 1 amide bonds. The van der Waals surface area contributed by atoms with Gasteiger partial charge in [0.2, 0.25) is 5.91 Å². The second-order valence-electron chi connectivity index (χ2n) is 4.46. The van der Waals surface area contributed by atoms with Gasteiger partial charge in [0.1, 0.15) is 17.4 Å². The Bertz CT molecular complexity index is 569. The Hall–Kier alpha value is -1.88. The summed E-state index contributed by atoms with van der Waals surface area (Å²) in [6.45, 7) is 0.940. The fourth-order valence-corrected chi connectivity index (χ4v) is 2.70. The van der Waals surface area contributed by atoms with Gasteiger partial charge < -0.3 is 10.1 Å². The molecule has 4 nitrogen and oxygen atoms in total. The number of benzene rings is 1. The number of aromatic nitrogens is 1. The van der Waals surface area contributed by atoms with Crippen LogP contribution in [0.1, 0.15) is 10.6 Å². The number of ether oxygens (including phenoxy) is 1. The first-order chi connectivity index (χ1) is 9.33. The number of fused-ring (bicyclic) bond motifs is 1. The maximum absolute atomic E-state index is 12.1. The number of amides is 1. The van der Waals surface area contributed by atoms with Gasteiger partial charge in [-0.05, 0) is 18.1 Å². The van der Waals surface area contributed by atoms with E-state index < -0.39 is 0 Å². The summed E-state index contributed by atoms with van der Waals surface area (Å²) in [4.78, 5) is 16.2. The average Bonchev–Trinajstić information content (AvgIpc) is 2.97. The number of carbonyl (C=O) groups excluding carboxylic acids is 1. The van der Waals surface area contributed by atoms with Gasteiger partial charge in [0, 0.05) is 11.6 Å². The van der Waals surface area contributed by atoms with E-state index in [0.29, 0.717) is 13.2 Å². The lowest BCUT2D eigenvalue weighted by atomic mass is 9.96. The highest BCUT2D eigenvalue weighted by molar-refractivity contribution is 7.09. The van der Waals surface area contributed by atoms with Crippen molar-refractivity contribution in [2.75, 3.05) is 6.61 Å².